The Balaban J connectivity index is 2.76. The summed E-state index contributed by atoms with van der Waals surface area (Å²) in [4.78, 5) is 34.8. The number of hydrogen-bond donors (Lipinski definition) is 4. The van der Waals surface area contributed by atoms with Gasteiger partial charge in [0.15, 0.2) is 6.61 Å². The van der Waals surface area contributed by atoms with Gasteiger partial charge in [-0.3, -0.25) is 14.9 Å². The number of nitrogens with one attached hydrogen (secondary N) is 3. The minimum atomic E-state index is -4.28. The van der Waals surface area contributed by atoms with Crippen molar-refractivity contribution in [2.75, 3.05) is 13.2 Å². The van der Waals surface area contributed by atoms with E-state index in [0.29, 0.717) is 13.0 Å². The molecule has 29 heavy (non-hydrogen) atoms. The summed E-state index contributed by atoms with van der Waals surface area (Å²) in [6, 6.07) is 1.00. The van der Waals surface area contributed by atoms with Crippen LogP contribution in [0.15, 0.2) is 23.1 Å². The number of aliphatic hydroxyl groups is 1. The number of amides is 3. The number of carbonyl (C=O) groups is 3. The van der Waals surface area contributed by atoms with Crippen molar-refractivity contribution in [3.63, 3.8) is 0 Å². The molecule has 0 spiro atoms. The Kier molecular flexibility index (Phi) is 9.80. The van der Waals surface area contributed by atoms with E-state index in [9.17, 15) is 27.9 Å². The summed E-state index contributed by atoms with van der Waals surface area (Å²) >= 11 is 11.5. The number of esters is 1. The number of benzene rings is 1. The van der Waals surface area contributed by atoms with Crippen molar-refractivity contribution in [1.82, 2.24) is 15.4 Å². The molecule has 0 aromatic heterocycles. The van der Waals surface area contributed by atoms with Gasteiger partial charge in [0.25, 0.3) is 5.91 Å². The third kappa shape index (κ3) is 8.15. The number of sulfonamides is 1. The minimum absolute atomic E-state index is 0.0243. The molecule has 0 bridgehead atoms. The molecule has 0 saturated heterocycles. The maximum Gasteiger partial charge on any atom is 0.327 e. The van der Waals surface area contributed by atoms with Crippen LogP contribution in [0.4, 0.5) is 4.79 Å². The molecule has 0 fully saturated rings. The van der Waals surface area contributed by atoms with E-state index in [-0.39, 0.29) is 14.9 Å². The first kappa shape index (κ1) is 25.1. The number of carbonyl (C=O) groups excluding carboxylic acids is 3. The zero-order valence-electron chi connectivity index (χ0n) is 15.6. The van der Waals surface area contributed by atoms with Crippen molar-refractivity contribution >= 4 is 51.1 Å². The van der Waals surface area contributed by atoms with Crippen molar-refractivity contribution in [2.45, 2.75) is 37.3 Å². The van der Waals surface area contributed by atoms with Crippen molar-refractivity contribution in [3.05, 3.63) is 28.2 Å². The van der Waals surface area contributed by atoms with Crippen LogP contribution in [-0.2, 0) is 24.3 Å². The highest BCUT2D eigenvalue weighted by Gasteiger charge is 2.31. The van der Waals surface area contributed by atoms with Gasteiger partial charge in [-0.1, -0.05) is 30.1 Å². The topological polar surface area (TPSA) is 151 Å². The molecular formula is C16H21Cl2N3O7S. The predicted octanol–water partition coefficient (Wildman–Crippen LogP) is 0.800. The van der Waals surface area contributed by atoms with E-state index >= 15 is 0 Å². The van der Waals surface area contributed by atoms with Crippen molar-refractivity contribution in [2.24, 2.45) is 0 Å². The Hall–Kier alpha value is -1.92. The standard InChI is InChI=1S/C16H21Cl2N3O7S/c1-3-6-19-16(25)20-13(23)8-28-15(24)14(9(2)22)21-29(26,27)10-4-5-11(17)12(18)7-10/h4-5,7,9,14,21-22H,3,6,8H2,1-2H3,(H2,19,20,23,25). The van der Waals surface area contributed by atoms with E-state index < -0.39 is 46.7 Å². The second kappa shape index (κ2) is 11.3. The van der Waals surface area contributed by atoms with Crippen LogP contribution >= 0.6 is 23.2 Å². The number of imide groups is 1. The van der Waals surface area contributed by atoms with E-state index in [0.717, 1.165) is 19.1 Å². The van der Waals surface area contributed by atoms with Gasteiger partial charge >= 0.3 is 12.0 Å². The lowest BCUT2D eigenvalue weighted by Gasteiger charge is -2.20. The molecule has 0 saturated carbocycles. The smallest absolute Gasteiger partial charge is 0.327 e. The van der Waals surface area contributed by atoms with Gasteiger partial charge < -0.3 is 15.2 Å². The summed E-state index contributed by atoms with van der Waals surface area (Å²) in [6.45, 7) is 2.47. The SMILES string of the molecule is CCCNC(=O)NC(=O)COC(=O)C(NS(=O)(=O)c1ccc(Cl)c(Cl)c1)C(C)O. The van der Waals surface area contributed by atoms with Crippen molar-refractivity contribution in [1.29, 1.82) is 0 Å². The third-order valence-electron chi connectivity index (χ3n) is 3.35. The van der Waals surface area contributed by atoms with Gasteiger partial charge in [-0.2, -0.15) is 4.72 Å². The van der Waals surface area contributed by atoms with Crippen molar-refractivity contribution < 1.29 is 32.6 Å². The number of aliphatic hydroxyl groups excluding tert-OH is 1. The summed E-state index contributed by atoms with van der Waals surface area (Å²) in [5, 5.41) is 14.2. The Morgan fingerprint density at radius 3 is 2.41 bits per heavy atom. The average Bonchev–Trinajstić information content (AvgIpc) is 2.64. The lowest BCUT2D eigenvalue weighted by atomic mass is 10.2. The Labute approximate surface area is 177 Å². The molecule has 2 atom stereocenters. The van der Waals surface area contributed by atoms with Crippen LogP contribution in [0.25, 0.3) is 0 Å². The van der Waals surface area contributed by atoms with Gasteiger partial charge in [0.1, 0.15) is 6.04 Å². The van der Waals surface area contributed by atoms with Gasteiger partial charge in [0.05, 0.1) is 21.0 Å². The first-order valence-electron chi connectivity index (χ1n) is 8.37. The number of rotatable bonds is 9. The first-order chi connectivity index (χ1) is 13.5. The first-order valence-corrected chi connectivity index (χ1v) is 10.6. The molecule has 10 nitrogen and oxygen atoms in total. The molecule has 0 heterocycles. The quantitative estimate of drug-likeness (QED) is 0.390. The average molecular weight is 470 g/mol. The fourth-order valence-corrected chi connectivity index (χ4v) is 3.54. The van der Waals surface area contributed by atoms with Gasteiger partial charge in [-0.05, 0) is 31.5 Å². The molecule has 1 aromatic rings. The molecule has 0 aliphatic carbocycles. The Bertz CT molecular complexity index is 862. The maximum absolute atomic E-state index is 12.4. The maximum atomic E-state index is 12.4. The monoisotopic (exact) mass is 469 g/mol. The number of hydrogen-bond acceptors (Lipinski definition) is 7. The lowest BCUT2D eigenvalue weighted by Crippen LogP contribution is -2.49. The number of urea groups is 1. The fraction of sp³-hybridized carbons (Fsp3) is 0.438. The normalized spacial score (nSPS) is 13.3. The molecule has 2 unspecified atom stereocenters. The molecule has 3 amide bonds. The molecule has 4 N–H and O–H groups in total. The van der Waals surface area contributed by atoms with Crippen LogP contribution in [-0.4, -0.2) is 56.7 Å². The molecule has 0 aliphatic rings. The van der Waals surface area contributed by atoms with E-state index in [4.69, 9.17) is 27.9 Å². The number of halogens is 2. The summed E-state index contributed by atoms with van der Waals surface area (Å²) in [7, 11) is -4.28. The van der Waals surface area contributed by atoms with Crippen LogP contribution in [0.3, 0.4) is 0 Å². The molecule has 0 aliphatic heterocycles. The zero-order valence-corrected chi connectivity index (χ0v) is 17.9. The van der Waals surface area contributed by atoms with Gasteiger partial charge in [0, 0.05) is 6.54 Å². The van der Waals surface area contributed by atoms with Crippen LogP contribution < -0.4 is 15.4 Å². The molecule has 0 radical (unpaired) electrons. The van der Waals surface area contributed by atoms with Crippen LogP contribution in [0.1, 0.15) is 20.3 Å². The van der Waals surface area contributed by atoms with Crippen LogP contribution in [0.5, 0.6) is 0 Å². The Morgan fingerprint density at radius 2 is 1.86 bits per heavy atom. The highest BCUT2D eigenvalue weighted by atomic mass is 35.5. The highest BCUT2D eigenvalue weighted by Crippen LogP contribution is 2.25. The second-order valence-electron chi connectivity index (χ2n) is 5.83. The third-order valence-corrected chi connectivity index (χ3v) is 5.53. The highest BCUT2D eigenvalue weighted by molar-refractivity contribution is 7.89. The zero-order chi connectivity index (χ0) is 22.2. The summed E-state index contributed by atoms with van der Waals surface area (Å²) < 4.78 is 31.5. The molecule has 13 heteroatoms. The van der Waals surface area contributed by atoms with Crippen LogP contribution in [0, 0.1) is 0 Å². The largest absolute Gasteiger partial charge is 0.454 e. The van der Waals surface area contributed by atoms with Gasteiger partial charge in [-0.15, -0.1) is 0 Å². The molecule has 1 aromatic carbocycles. The van der Waals surface area contributed by atoms with E-state index in [1.807, 2.05) is 17.0 Å². The summed E-state index contributed by atoms with van der Waals surface area (Å²) in [5.74, 6) is -2.14. The van der Waals surface area contributed by atoms with Crippen molar-refractivity contribution in [3.8, 4) is 0 Å². The van der Waals surface area contributed by atoms with Gasteiger partial charge in [-0.25, -0.2) is 13.2 Å². The van der Waals surface area contributed by atoms with E-state index in [2.05, 4.69) is 5.32 Å². The molecular weight excluding hydrogens is 449 g/mol. The lowest BCUT2D eigenvalue weighted by molar-refractivity contribution is -0.152. The number of ether oxygens (including phenoxy) is 1. The Morgan fingerprint density at radius 1 is 1.21 bits per heavy atom. The van der Waals surface area contributed by atoms with E-state index in [1.54, 1.807) is 0 Å². The fourth-order valence-electron chi connectivity index (χ4n) is 1.89. The predicted molar refractivity (Wildman–Crippen MR) is 105 cm³/mol. The summed E-state index contributed by atoms with van der Waals surface area (Å²) in [6.07, 6.45) is -0.831. The van der Waals surface area contributed by atoms with E-state index in [1.165, 1.54) is 6.07 Å². The van der Waals surface area contributed by atoms with Gasteiger partial charge in [0.2, 0.25) is 10.0 Å². The minimum Gasteiger partial charge on any atom is -0.454 e. The second-order valence-corrected chi connectivity index (χ2v) is 8.36. The molecule has 1 rings (SSSR count). The molecule has 162 valence electrons. The summed E-state index contributed by atoms with van der Waals surface area (Å²) in [5.41, 5.74) is 0. The van der Waals surface area contributed by atoms with Crippen LogP contribution in [0.2, 0.25) is 10.0 Å².